The fraction of sp³-hybridized carbons (Fsp3) is 0.375. The van der Waals surface area contributed by atoms with E-state index in [-0.39, 0.29) is 0 Å². The van der Waals surface area contributed by atoms with Gasteiger partial charge in [-0.05, 0) is 110 Å². The van der Waals surface area contributed by atoms with Crippen molar-refractivity contribution in [3.8, 4) is 11.5 Å². The van der Waals surface area contributed by atoms with Crippen LogP contribution < -0.4 is 4.74 Å². The first-order chi connectivity index (χ1) is 17.1. The lowest BCUT2D eigenvalue weighted by molar-refractivity contribution is 0.261. The van der Waals surface area contributed by atoms with Gasteiger partial charge in [-0.3, -0.25) is 0 Å². The summed E-state index contributed by atoms with van der Waals surface area (Å²) >= 11 is 0. The van der Waals surface area contributed by atoms with Crippen LogP contribution in [-0.4, -0.2) is 37.3 Å². The third-order valence-corrected chi connectivity index (χ3v) is 7.88. The summed E-state index contributed by atoms with van der Waals surface area (Å²) in [6.45, 7) is 1.56. The number of nitrogens with zero attached hydrogens (tertiary/aromatic N) is 1. The number of fused-ring (bicyclic) bond motifs is 2. The molecule has 0 aromatic heterocycles. The normalized spacial score (nSPS) is 21.9. The Balaban J connectivity index is 1.56. The standard InChI is InChI=1S/C32H37NO2/c1-33(2)18-19-35-30-16-12-26(13-17-30)32(25-10-14-29(34)15-11-25)31(24-6-4-3-5-7-24)22-28-21-23-8-9-27(28)20-23/h3-7,10-17,23,27-28,34H,8-9,18-22H2,1-2H3. The van der Waals surface area contributed by atoms with E-state index in [9.17, 15) is 5.11 Å². The van der Waals surface area contributed by atoms with E-state index in [0.717, 1.165) is 42.0 Å². The first-order valence-corrected chi connectivity index (χ1v) is 13.0. The molecule has 2 fully saturated rings. The van der Waals surface area contributed by atoms with Crippen LogP contribution in [0.1, 0.15) is 48.8 Å². The maximum absolute atomic E-state index is 9.99. The zero-order chi connectivity index (χ0) is 24.2. The van der Waals surface area contributed by atoms with Crippen LogP contribution in [0.3, 0.4) is 0 Å². The highest BCUT2D eigenvalue weighted by Gasteiger charge is 2.39. The molecule has 3 atom stereocenters. The summed E-state index contributed by atoms with van der Waals surface area (Å²) in [5, 5.41) is 9.99. The summed E-state index contributed by atoms with van der Waals surface area (Å²) < 4.78 is 5.97. The lowest BCUT2D eigenvalue weighted by Crippen LogP contribution is -2.19. The van der Waals surface area contributed by atoms with Crippen LogP contribution in [0.25, 0.3) is 11.1 Å². The molecule has 0 heterocycles. The number of hydrogen-bond donors (Lipinski definition) is 1. The van der Waals surface area contributed by atoms with E-state index < -0.39 is 0 Å². The van der Waals surface area contributed by atoms with Crippen molar-refractivity contribution in [2.75, 3.05) is 27.2 Å². The van der Waals surface area contributed by atoms with Gasteiger partial charge in [0, 0.05) is 6.54 Å². The molecule has 2 aliphatic rings. The van der Waals surface area contributed by atoms with E-state index in [0.29, 0.717) is 12.4 Å². The molecule has 0 spiro atoms. The third kappa shape index (κ3) is 5.62. The van der Waals surface area contributed by atoms with Gasteiger partial charge in [-0.1, -0.05) is 61.0 Å². The molecule has 182 valence electrons. The molecule has 0 amide bonds. The third-order valence-electron chi connectivity index (χ3n) is 7.88. The Bertz CT molecular complexity index is 1130. The Kier molecular flexibility index (Phi) is 7.24. The molecule has 2 saturated carbocycles. The van der Waals surface area contributed by atoms with Crippen molar-refractivity contribution in [2.45, 2.75) is 32.1 Å². The molecule has 3 aromatic carbocycles. The lowest BCUT2D eigenvalue weighted by Gasteiger charge is -2.26. The molecular weight excluding hydrogens is 430 g/mol. The molecule has 0 radical (unpaired) electrons. The van der Waals surface area contributed by atoms with Gasteiger partial charge in [0.1, 0.15) is 18.1 Å². The van der Waals surface area contributed by atoms with Crippen LogP contribution in [-0.2, 0) is 0 Å². The number of hydrogen-bond acceptors (Lipinski definition) is 3. The second-order valence-corrected chi connectivity index (χ2v) is 10.6. The minimum Gasteiger partial charge on any atom is -0.508 e. The Labute approximate surface area is 210 Å². The number of ether oxygens (including phenoxy) is 1. The number of aromatic hydroxyl groups is 1. The van der Waals surface area contributed by atoms with Crippen molar-refractivity contribution in [2.24, 2.45) is 17.8 Å². The van der Waals surface area contributed by atoms with Crippen LogP contribution >= 0.6 is 0 Å². The second kappa shape index (κ2) is 10.7. The maximum Gasteiger partial charge on any atom is 0.119 e. The minimum atomic E-state index is 0.298. The molecule has 35 heavy (non-hydrogen) atoms. The van der Waals surface area contributed by atoms with Gasteiger partial charge >= 0.3 is 0 Å². The van der Waals surface area contributed by atoms with E-state index >= 15 is 0 Å². The van der Waals surface area contributed by atoms with Gasteiger partial charge in [0.25, 0.3) is 0 Å². The van der Waals surface area contributed by atoms with Crippen LogP contribution in [0.5, 0.6) is 11.5 Å². The van der Waals surface area contributed by atoms with Crippen molar-refractivity contribution in [3.05, 3.63) is 95.6 Å². The number of rotatable bonds is 9. The first-order valence-electron chi connectivity index (χ1n) is 13.0. The van der Waals surface area contributed by atoms with Gasteiger partial charge in [0.05, 0.1) is 0 Å². The molecule has 5 rings (SSSR count). The number of benzene rings is 3. The SMILES string of the molecule is CN(C)CCOc1ccc(C(=C(CC2CC3CCC2C3)c2ccccc2)c2ccc(O)cc2)cc1. The lowest BCUT2D eigenvalue weighted by atomic mass is 9.79. The average Bonchev–Trinajstić information content (AvgIpc) is 3.49. The summed E-state index contributed by atoms with van der Waals surface area (Å²) in [6, 6.07) is 27.2. The average molecular weight is 468 g/mol. The molecule has 3 unspecified atom stereocenters. The maximum atomic E-state index is 9.99. The van der Waals surface area contributed by atoms with E-state index in [1.165, 1.54) is 48.0 Å². The van der Waals surface area contributed by atoms with Crippen molar-refractivity contribution in [1.29, 1.82) is 0 Å². The van der Waals surface area contributed by atoms with Gasteiger partial charge in [-0.25, -0.2) is 0 Å². The molecule has 3 heteroatoms. The van der Waals surface area contributed by atoms with Crippen molar-refractivity contribution < 1.29 is 9.84 Å². The van der Waals surface area contributed by atoms with E-state index in [2.05, 4.69) is 85.7 Å². The minimum absolute atomic E-state index is 0.298. The number of phenolic OH excluding ortho intramolecular Hbond substituents is 1. The van der Waals surface area contributed by atoms with Crippen LogP contribution in [0.2, 0.25) is 0 Å². The Morgan fingerprint density at radius 1 is 0.829 bits per heavy atom. The predicted octanol–water partition coefficient (Wildman–Crippen LogP) is 7.12. The van der Waals surface area contributed by atoms with Crippen LogP contribution in [0.4, 0.5) is 0 Å². The topological polar surface area (TPSA) is 32.7 Å². The van der Waals surface area contributed by atoms with Gasteiger partial charge < -0.3 is 14.7 Å². The highest BCUT2D eigenvalue weighted by Crippen LogP contribution is 2.52. The summed E-state index contributed by atoms with van der Waals surface area (Å²) in [5.74, 6) is 3.75. The Hall–Kier alpha value is -3.04. The fourth-order valence-electron chi connectivity index (χ4n) is 6.10. The highest BCUT2D eigenvalue weighted by atomic mass is 16.5. The summed E-state index contributed by atoms with van der Waals surface area (Å²) in [7, 11) is 4.12. The molecule has 0 saturated heterocycles. The molecule has 3 nitrogen and oxygen atoms in total. The number of allylic oxidation sites excluding steroid dienone is 1. The highest BCUT2D eigenvalue weighted by molar-refractivity contribution is 5.98. The summed E-state index contributed by atoms with van der Waals surface area (Å²) in [4.78, 5) is 2.13. The van der Waals surface area contributed by atoms with E-state index in [1.54, 1.807) is 12.1 Å². The van der Waals surface area contributed by atoms with E-state index in [4.69, 9.17) is 4.74 Å². The zero-order valence-electron chi connectivity index (χ0n) is 21.0. The van der Waals surface area contributed by atoms with Crippen LogP contribution in [0.15, 0.2) is 78.9 Å². The quantitative estimate of drug-likeness (QED) is 0.340. The van der Waals surface area contributed by atoms with Gasteiger partial charge in [-0.2, -0.15) is 0 Å². The van der Waals surface area contributed by atoms with Crippen LogP contribution in [0, 0.1) is 17.8 Å². The first kappa shape index (κ1) is 23.7. The van der Waals surface area contributed by atoms with Gasteiger partial charge in [0.15, 0.2) is 0 Å². The number of likely N-dealkylation sites (N-methyl/N-ethyl adjacent to an activating group) is 1. The molecular formula is C32H37NO2. The molecule has 0 aliphatic heterocycles. The molecule has 3 aromatic rings. The van der Waals surface area contributed by atoms with Crippen molar-refractivity contribution in [1.82, 2.24) is 4.90 Å². The second-order valence-electron chi connectivity index (χ2n) is 10.6. The zero-order valence-corrected chi connectivity index (χ0v) is 21.0. The van der Waals surface area contributed by atoms with Crippen molar-refractivity contribution in [3.63, 3.8) is 0 Å². The Morgan fingerprint density at radius 2 is 1.51 bits per heavy atom. The van der Waals surface area contributed by atoms with Crippen molar-refractivity contribution >= 4 is 11.1 Å². The van der Waals surface area contributed by atoms with Gasteiger partial charge in [0.2, 0.25) is 0 Å². The predicted molar refractivity (Wildman–Crippen MR) is 145 cm³/mol. The smallest absolute Gasteiger partial charge is 0.119 e. The Morgan fingerprint density at radius 3 is 2.11 bits per heavy atom. The number of phenols is 1. The monoisotopic (exact) mass is 467 g/mol. The fourth-order valence-corrected chi connectivity index (χ4v) is 6.10. The molecule has 2 aliphatic carbocycles. The molecule has 2 bridgehead atoms. The summed E-state index contributed by atoms with van der Waals surface area (Å²) in [5.41, 5.74) is 6.31. The molecule has 1 N–H and O–H groups in total. The largest absolute Gasteiger partial charge is 0.508 e. The summed E-state index contributed by atoms with van der Waals surface area (Å²) in [6.07, 6.45) is 6.70. The van der Waals surface area contributed by atoms with E-state index in [1.807, 2.05) is 0 Å². The van der Waals surface area contributed by atoms with Gasteiger partial charge in [-0.15, -0.1) is 0 Å².